The number of ether oxygens (including phenoxy) is 1. The van der Waals surface area contributed by atoms with Crippen molar-refractivity contribution in [3.63, 3.8) is 0 Å². The first-order chi connectivity index (χ1) is 15.8. The Morgan fingerprint density at radius 2 is 1.64 bits per heavy atom. The van der Waals surface area contributed by atoms with Crippen LogP contribution < -0.4 is 5.32 Å². The van der Waals surface area contributed by atoms with E-state index in [9.17, 15) is 19.5 Å². The van der Waals surface area contributed by atoms with Gasteiger partial charge in [0.25, 0.3) is 0 Å². The number of hydrogen-bond donors (Lipinski definition) is 2. The zero-order valence-corrected chi connectivity index (χ0v) is 19.0. The molecule has 0 aliphatic heterocycles. The first kappa shape index (κ1) is 22.8. The number of benzene rings is 2. The number of amides is 2. The zero-order valence-electron chi connectivity index (χ0n) is 19.0. The third-order valence-electron chi connectivity index (χ3n) is 6.50. The Morgan fingerprint density at radius 3 is 2.15 bits per heavy atom. The minimum Gasteiger partial charge on any atom is -0.480 e. The van der Waals surface area contributed by atoms with Crippen LogP contribution in [0.5, 0.6) is 0 Å². The molecule has 0 radical (unpaired) electrons. The van der Waals surface area contributed by atoms with E-state index in [4.69, 9.17) is 4.74 Å². The van der Waals surface area contributed by atoms with Crippen molar-refractivity contribution in [3.05, 3.63) is 59.7 Å². The Kier molecular flexibility index (Phi) is 6.40. The van der Waals surface area contributed by atoms with E-state index in [2.05, 4.69) is 17.4 Å². The second-order valence-corrected chi connectivity index (χ2v) is 9.09. The highest BCUT2D eigenvalue weighted by Gasteiger charge is 2.44. The monoisotopic (exact) mass is 450 g/mol. The number of fused-ring (bicyclic) bond motifs is 3. The molecule has 0 heterocycles. The number of carboxylic acid groups (broad SMARTS) is 1. The lowest BCUT2D eigenvalue weighted by Crippen LogP contribution is -2.59. The lowest BCUT2D eigenvalue weighted by Gasteiger charge is -2.34. The van der Waals surface area contributed by atoms with Gasteiger partial charge in [-0.05, 0) is 48.4 Å². The summed E-state index contributed by atoms with van der Waals surface area (Å²) in [6, 6.07) is 16.1. The molecule has 1 unspecified atom stereocenters. The number of carbonyl (C=O) groups excluding carboxylic acids is 2. The van der Waals surface area contributed by atoms with Crippen molar-refractivity contribution < 1.29 is 24.2 Å². The average Bonchev–Trinajstić information content (AvgIpc) is 3.58. The lowest BCUT2D eigenvalue weighted by atomic mass is 9.94. The first-order valence-electron chi connectivity index (χ1n) is 11.5. The molecule has 0 aromatic heterocycles. The summed E-state index contributed by atoms with van der Waals surface area (Å²) < 4.78 is 5.63. The minimum atomic E-state index is -1.23. The Balaban J connectivity index is 1.47. The number of alkyl carbamates (subject to hydrolysis) is 1. The fourth-order valence-electron chi connectivity index (χ4n) is 4.80. The number of nitrogens with zero attached hydrogens (tertiary/aromatic N) is 1. The molecule has 0 spiro atoms. The second kappa shape index (κ2) is 9.25. The predicted molar refractivity (Wildman–Crippen MR) is 124 cm³/mol. The zero-order chi connectivity index (χ0) is 23.6. The molecule has 1 fully saturated rings. The lowest BCUT2D eigenvalue weighted by molar-refractivity contribution is -0.148. The molecule has 0 saturated heterocycles. The fourth-order valence-corrected chi connectivity index (χ4v) is 4.80. The average molecular weight is 451 g/mol. The molecule has 7 nitrogen and oxygen atoms in total. The summed E-state index contributed by atoms with van der Waals surface area (Å²) in [7, 11) is 0. The summed E-state index contributed by atoms with van der Waals surface area (Å²) in [4.78, 5) is 38.8. The number of carboxylic acids is 1. The van der Waals surface area contributed by atoms with Crippen molar-refractivity contribution in [1.82, 2.24) is 10.2 Å². The Hall–Kier alpha value is -3.35. The predicted octanol–water partition coefficient (Wildman–Crippen LogP) is 4.16. The normalized spacial score (nSPS) is 16.3. The van der Waals surface area contributed by atoms with Gasteiger partial charge in [0, 0.05) is 12.0 Å². The van der Waals surface area contributed by atoms with Crippen LogP contribution in [-0.4, -0.2) is 52.7 Å². The highest BCUT2D eigenvalue weighted by atomic mass is 16.5. The molecular formula is C26H30N2O5. The van der Waals surface area contributed by atoms with Crippen molar-refractivity contribution in [2.45, 2.75) is 57.0 Å². The van der Waals surface area contributed by atoms with E-state index in [0.717, 1.165) is 35.1 Å². The van der Waals surface area contributed by atoms with Crippen molar-refractivity contribution in [2.75, 3.05) is 13.2 Å². The number of aliphatic carboxylic acids is 1. The first-order valence-corrected chi connectivity index (χ1v) is 11.5. The van der Waals surface area contributed by atoms with Gasteiger partial charge in [0.1, 0.15) is 18.7 Å². The second-order valence-electron chi connectivity index (χ2n) is 9.09. The van der Waals surface area contributed by atoms with Gasteiger partial charge in [-0.1, -0.05) is 61.9 Å². The molecule has 2 N–H and O–H groups in total. The van der Waals surface area contributed by atoms with Crippen molar-refractivity contribution in [3.8, 4) is 11.1 Å². The minimum absolute atomic E-state index is 0.0749. The highest BCUT2D eigenvalue weighted by molar-refractivity contribution is 5.92. The quantitative estimate of drug-likeness (QED) is 0.598. The van der Waals surface area contributed by atoms with Crippen LogP contribution in [0.15, 0.2) is 48.5 Å². The molecule has 174 valence electrons. The van der Waals surface area contributed by atoms with Gasteiger partial charge in [-0.15, -0.1) is 0 Å². The number of rotatable bonds is 9. The van der Waals surface area contributed by atoms with Crippen LogP contribution in [0, 0.1) is 0 Å². The van der Waals surface area contributed by atoms with E-state index in [1.165, 1.54) is 4.90 Å². The SMILES string of the molecule is CCCC(C)(NC(=O)OCC1c2ccccc2-c2ccccc21)C(=O)N(CC(=O)O)C1CC1. The Bertz CT molecular complexity index is 1020. The molecule has 2 aromatic rings. The molecule has 4 rings (SSSR count). The molecule has 0 bridgehead atoms. The molecule has 2 aliphatic carbocycles. The van der Waals surface area contributed by atoms with Crippen LogP contribution >= 0.6 is 0 Å². The summed E-state index contributed by atoms with van der Waals surface area (Å²) >= 11 is 0. The van der Waals surface area contributed by atoms with Crippen LogP contribution in [0.3, 0.4) is 0 Å². The highest BCUT2D eigenvalue weighted by Crippen LogP contribution is 2.44. The summed E-state index contributed by atoms with van der Waals surface area (Å²) in [6.07, 6.45) is 1.93. The molecule has 1 saturated carbocycles. The molecule has 7 heteroatoms. The van der Waals surface area contributed by atoms with Gasteiger partial charge in [-0.25, -0.2) is 4.79 Å². The van der Waals surface area contributed by atoms with Crippen LogP contribution in [0.1, 0.15) is 56.6 Å². The molecule has 33 heavy (non-hydrogen) atoms. The van der Waals surface area contributed by atoms with Crippen LogP contribution in [0.4, 0.5) is 4.79 Å². The maximum absolute atomic E-state index is 13.3. The van der Waals surface area contributed by atoms with Crippen molar-refractivity contribution in [1.29, 1.82) is 0 Å². The Morgan fingerprint density at radius 1 is 1.06 bits per heavy atom. The number of carbonyl (C=O) groups is 3. The van der Waals surface area contributed by atoms with Gasteiger partial charge in [-0.2, -0.15) is 0 Å². The smallest absolute Gasteiger partial charge is 0.408 e. The standard InChI is InChI=1S/C26H30N2O5/c1-3-14-26(2,24(31)28(15-23(29)30)17-12-13-17)27-25(32)33-16-22-20-10-6-4-8-18(20)19-9-5-7-11-21(19)22/h4-11,17,22H,3,12-16H2,1-2H3,(H,27,32)(H,29,30). The molecular weight excluding hydrogens is 420 g/mol. The van der Waals surface area contributed by atoms with E-state index in [1.807, 2.05) is 43.3 Å². The van der Waals surface area contributed by atoms with Gasteiger partial charge < -0.3 is 20.1 Å². The largest absolute Gasteiger partial charge is 0.480 e. The van der Waals surface area contributed by atoms with E-state index in [-0.39, 0.29) is 31.0 Å². The summed E-state index contributed by atoms with van der Waals surface area (Å²) in [6.45, 7) is 3.36. The van der Waals surface area contributed by atoms with E-state index < -0.39 is 17.6 Å². The van der Waals surface area contributed by atoms with Gasteiger partial charge in [0.05, 0.1) is 0 Å². The topological polar surface area (TPSA) is 95.9 Å². The summed E-state index contributed by atoms with van der Waals surface area (Å²) in [5.74, 6) is -1.51. The molecule has 2 aliphatic rings. The van der Waals surface area contributed by atoms with Crippen LogP contribution in [0.2, 0.25) is 0 Å². The molecule has 2 amide bonds. The third kappa shape index (κ3) is 4.72. The molecule has 1 atom stereocenters. The van der Waals surface area contributed by atoms with Crippen LogP contribution in [0.25, 0.3) is 11.1 Å². The number of hydrogen-bond acceptors (Lipinski definition) is 4. The van der Waals surface area contributed by atoms with Crippen molar-refractivity contribution >= 4 is 18.0 Å². The van der Waals surface area contributed by atoms with Crippen LogP contribution in [-0.2, 0) is 14.3 Å². The van der Waals surface area contributed by atoms with Gasteiger partial charge >= 0.3 is 12.1 Å². The van der Waals surface area contributed by atoms with Gasteiger partial charge in [0.2, 0.25) is 5.91 Å². The van der Waals surface area contributed by atoms with E-state index in [1.54, 1.807) is 6.92 Å². The fraction of sp³-hybridized carbons (Fsp3) is 0.423. The number of nitrogens with one attached hydrogen (secondary N) is 1. The van der Waals surface area contributed by atoms with Gasteiger partial charge in [-0.3, -0.25) is 9.59 Å². The third-order valence-corrected chi connectivity index (χ3v) is 6.50. The summed E-state index contributed by atoms with van der Waals surface area (Å²) in [5.41, 5.74) is 3.28. The maximum atomic E-state index is 13.3. The Labute approximate surface area is 193 Å². The van der Waals surface area contributed by atoms with E-state index in [0.29, 0.717) is 12.8 Å². The molecule has 2 aromatic carbocycles. The van der Waals surface area contributed by atoms with E-state index >= 15 is 0 Å². The summed E-state index contributed by atoms with van der Waals surface area (Å²) in [5, 5.41) is 12.0. The van der Waals surface area contributed by atoms with Gasteiger partial charge in [0.15, 0.2) is 0 Å². The maximum Gasteiger partial charge on any atom is 0.408 e. The van der Waals surface area contributed by atoms with Crippen molar-refractivity contribution in [2.24, 2.45) is 0 Å².